The normalized spacial score (nSPS) is 9.00. The van der Waals surface area contributed by atoms with Crippen molar-refractivity contribution in [1.29, 1.82) is 0 Å². The smallest absolute Gasteiger partial charge is 0.00957 e. The van der Waals surface area contributed by atoms with Crippen LogP contribution in [-0.4, -0.2) is 0 Å². The molecular weight excluding hydrogens is 132 g/mol. The fraction of sp³-hybridized carbons (Fsp3) is 0.545. The summed E-state index contributed by atoms with van der Waals surface area (Å²) in [5, 5.41) is 0. The van der Waals surface area contributed by atoms with Crippen molar-refractivity contribution in [2.24, 2.45) is 5.92 Å². The molecule has 0 amide bonds. The Hall–Kier alpha value is -0.740. The summed E-state index contributed by atoms with van der Waals surface area (Å²) >= 11 is 0. The van der Waals surface area contributed by atoms with Gasteiger partial charge in [-0.25, -0.2) is 0 Å². The standard InChI is InChI=1S/C11H18/c1-4-7-8-9-10-11(5-2)6-3/h4,8,10-11H,1,5-7H2,2-3H3. The highest BCUT2D eigenvalue weighted by Gasteiger charge is 1.94. The molecule has 0 fully saturated rings. The van der Waals surface area contributed by atoms with Crippen LogP contribution in [0.5, 0.6) is 0 Å². The third-order valence-electron chi connectivity index (χ3n) is 1.78. The van der Waals surface area contributed by atoms with Crippen LogP contribution in [0.1, 0.15) is 33.1 Å². The second-order valence-corrected chi connectivity index (χ2v) is 2.64. The molecule has 0 spiro atoms. The first-order chi connectivity index (χ1) is 5.35. The van der Waals surface area contributed by atoms with Crippen LogP contribution in [0.3, 0.4) is 0 Å². The number of rotatable bonds is 5. The van der Waals surface area contributed by atoms with Gasteiger partial charge in [-0.1, -0.05) is 19.9 Å². The summed E-state index contributed by atoms with van der Waals surface area (Å²) in [6, 6.07) is 0. The summed E-state index contributed by atoms with van der Waals surface area (Å²) < 4.78 is 0. The first kappa shape index (κ1) is 10.3. The predicted molar refractivity (Wildman–Crippen MR) is 51.5 cm³/mol. The van der Waals surface area contributed by atoms with E-state index in [-0.39, 0.29) is 0 Å². The van der Waals surface area contributed by atoms with Gasteiger partial charge in [-0.2, -0.15) is 0 Å². The van der Waals surface area contributed by atoms with E-state index in [4.69, 9.17) is 0 Å². The number of hydrogen-bond donors (Lipinski definition) is 0. The average molecular weight is 150 g/mol. The van der Waals surface area contributed by atoms with Crippen molar-refractivity contribution in [2.75, 3.05) is 0 Å². The van der Waals surface area contributed by atoms with Crippen molar-refractivity contribution < 1.29 is 0 Å². The van der Waals surface area contributed by atoms with E-state index in [1.807, 2.05) is 12.2 Å². The van der Waals surface area contributed by atoms with Crippen molar-refractivity contribution in [3.8, 4) is 0 Å². The molecule has 0 aromatic carbocycles. The minimum Gasteiger partial charge on any atom is -0.129 e. The molecule has 0 heteroatoms. The quantitative estimate of drug-likeness (QED) is 0.414. The van der Waals surface area contributed by atoms with E-state index in [0.717, 1.165) is 6.42 Å². The molecule has 0 radical (unpaired) electrons. The molecule has 0 N–H and O–H groups in total. The van der Waals surface area contributed by atoms with E-state index in [2.05, 4.69) is 32.2 Å². The summed E-state index contributed by atoms with van der Waals surface area (Å²) in [5.74, 6) is 0.705. The zero-order valence-corrected chi connectivity index (χ0v) is 7.64. The molecule has 0 bridgehead atoms. The third-order valence-corrected chi connectivity index (χ3v) is 1.78. The van der Waals surface area contributed by atoms with E-state index in [1.165, 1.54) is 12.8 Å². The highest BCUT2D eigenvalue weighted by Crippen LogP contribution is 2.07. The van der Waals surface area contributed by atoms with E-state index in [0.29, 0.717) is 5.92 Å². The molecule has 0 heterocycles. The van der Waals surface area contributed by atoms with Gasteiger partial charge in [-0.3, -0.25) is 0 Å². The lowest BCUT2D eigenvalue weighted by Gasteiger charge is -2.01. The minimum absolute atomic E-state index is 0.705. The summed E-state index contributed by atoms with van der Waals surface area (Å²) in [7, 11) is 0. The van der Waals surface area contributed by atoms with Gasteiger partial charge in [0, 0.05) is 0 Å². The maximum Gasteiger partial charge on any atom is -0.00957 e. The van der Waals surface area contributed by atoms with Crippen LogP contribution in [0, 0.1) is 5.92 Å². The topological polar surface area (TPSA) is 0 Å². The van der Waals surface area contributed by atoms with Crippen molar-refractivity contribution >= 4 is 0 Å². The molecule has 0 atom stereocenters. The molecule has 0 nitrogen and oxygen atoms in total. The zero-order chi connectivity index (χ0) is 8.53. The molecule has 0 aliphatic rings. The highest BCUT2D eigenvalue weighted by atomic mass is 14.0. The van der Waals surface area contributed by atoms with Crippen LogP contribution in [0.4, 0.5) is 0 Å². The molecule has 0 aliphatic carbocycles. The van der Waals surface area contributed by atoms with Crippen LogP contribution in [-0.2, 0) is 0 Å². The summed E-state index contributed by atoms with van der Waals surface area (Å²) in [6.45, 7) is 8.05. The Labute approximate surface area is 70.3 Å². The molecule has 0 unspecified atom stereocenters. The Balaban J connectivity index is 3.76. The highest BCUT2D eigenvalue weighted by molar-refractivity contribution is 4.92. The summed E-state index contributed by atoms with van der Waals surface area (Å²) in [4.78, 5) is 0. The number of hydrogen-bond acceptors (Lipinski definition) is 0. The van der Waals surface area contributed by atoms with Crippen molar-refractivity contribution in [3.05, 3.63) is 30.5 Å². The van der Waals surface area contributed by atoms with Gasteiger partial charge >= 0.3 is 0 Å². The van der Waals surface area contributed by atoms with E-state index < -0.39 is 0 Å². The lowest BCUT2D eigenvalue weighted by atomic mass is 10.0. The molecule has 0 aromatic rings. The zero-order valence-electron chi connectivity index (χ0n) is 7.64. The first-order valence-corrected chi connectivity index (χ1v) is 4.37. The summed E-state index contributed by atoms with van der Waals surface area (Å²) in [6.07, 6.45) is 9.41. The van der Waals surface area contributed by atoms with E-state index in [1.54, 1.807) is 0 Å². The van der Waals surface area contributed by atoms with Crippen LogP contribution >= 0.6 is 0 Å². The van der Waals surface area contributed by atoms with Gasteiger partial charge < -0.3 is 0 Å². The number of allylic oxidation sites excluding steroid dienone is 2. The molecule has 62 valence electrons. The van der Waals surface area contributed by atoms with Gasteiger partial charge in [0.2, 0.25) is 0 Å². The lowest BCUT2D eigenvalue weighted by molar-refractivity contribution is 0.607. The van der Waals surface area contributed by atoms with Gasteiger partial charge in [-0.15, -0.1) is 12.3 Å². The van der Waals surface area contributed by atoms with Crippen LogP contribution in [0.2, 0.25) is 0 Å². The lowest BCUT2D eigenvalue weighted by Crippen LogP contribution is -1.88. The molecule has 0 rings (SSSR count). The van der Waals surface area contributed by atoms with Crippen molar-refractivity contribution in [2.45, 2.75) is 33.1 Å². The fourth-order valence-corrected chi connectivity index (χ4v) is 0.880. The minimum atomic E-state index is 0.705. The molecule has 0 saturated heterocycles. The monoisotopic (exact) mass is 150 g/mol. The SMILES string of the molecule is C=CCC=C=CC(CC)CC. The van der Waals surface area contributed by atoms with Gasteiger partial charge in [0.1, 0.15) is 0 Å². The van der Waals surface area contributed by atoms with Gasteiger partial charge in [0.25, 0.3) is 0 Å². The Kier molecular flexibility index (Phi) is 6.87. The second-order valence-electron chi connectivity index (χ2n) is 2.64. The Morgan fingerprint density at radius 1 is 1.36 bits per heavy atom. The van der Waals surface area contributed by atoms with E-state index >= 15 is 0 Å². The van der Waals surface area contributed by atoms with Crippen LogP contribution in [0.15, 0.2) is 30.5 Å². The largest absolute Gasteiger partial charge is 0.129 e. The Morgan fingerprint density at radius 2 is 2.00 bits per heavy atom. The van der Waals surface area contributed by atoms with Gasteiger partial charge in [0.05, 0.1) is 0 Å². The van der Waals surface area contributed by atoms with Crippen molar-refractivity contribution in [3.63, 3.8) is 0 Å². The van der Waals surface area contributed by atoms with Crippen LogP contribution < -0.4 is 0 Å². The first-order valence-electron chi connectivity index (χ1n) is 4.37. The Bertz CT molecular complexity index is 143. The predicted octanol–water partition coefficient (Wildman–Crippen LogP) is 3.71. The molecule has 11 heavy (non-hydrogen) atoms. The average Bonchev–Trinajstić information content (AvgIpc) is 2.05. The van der Waals surface area contributed by atoms with Crippen molar-refractivity contribution in [1.82, 2.24) is 0 Å². The maximum absolute atomic E-state index is 3.63. The van der Waals surface area contributed by atoms with Crippen LogP contribution in [0.25, 0.3) is 0 Å². The fourth-order valence-electron chi connectivity index (χ4n) is 0.880. The molecular formula is C11H18. The molecule has 0 aliphatic heterocycles. The molecule has 0 aromatic heterocycles. The summed E-state index contributed by atoms with van der Waals surface area (Å²) in [5.41, 5.74) is 3.17. The van der Waals surface area contributed by atoms with E-state index in [9.17, 15) is 0 Å². The Morgan fingerprint density at radius 3 is 2.45 bits per heavy atom. The maximum atomic E-state index is 3.63. The molecule has 0 saturated carbocycles. The van der Waals surface area contributed by atoms with Gasteiger partial charge in [-0.05, 0) is 37.3 Å². The van der Waals surface area contributed by atoms with Gasteiger partial charge in [0.15, 0.2) is 0 Å². The second kappa shape index (κ2) is 7.37. The third kappa shape index (κ3) is 5.69.